The average molecular weight is 197 g/mol. The average Bonchev–Trinajstić information content (AvgIpc) is 2.16. The molecule has 0 saturated heterocycles. The van der Waals surface area contributed by atoms with Gasteiger partial charge in [-0.15, -0.1) is 6.42 Å². The van der Waals surface area contributed by atoms with E-state index >= 15 is 0 Å². The Morgan fingerprint density at radius 3 is 2.85 bits per heavy atom. The zero-order valence-corrected chi connectivity index (χ0v) is 7.88. The zero-order valence-electron chi connectivity index (χ0n) is 7.12. The van der Waals surface area contributed by atoms with E-state index in [4.69, 9.17) is 22.8 Å². The molecule has 0 radical (unpaired) electrons. The van der Waals surface area contributed by atoms with Crippen LogP contribution in [0.3, 0.4) is 0 Å². The Balaban J connectivity index is 3.15. The number of hydrogen-bond donors (Lipinski definition) is 1. The van der Waals surface area contributed by atoms with Crippen molar-refractivity contribution in [1.82, 2.24) is 0 Å². The largest absolute Gasteiger partial charge is 0.496 e. The first kappa shape index (κ1) is 9.91. The van der Waals surface area contributed by atoms with Crippen LogP contribution in [0.25, 0.3) is 0 Å². The topological polar surface area (TPSA) is 29.5 Å². The van der Waals surface area contributed by atoms with Crippen LogP contribution in [0, 0.1) is 12.3 Å². The molecule has 0 aromatic heterocycles. The maximum Gasteiger partial charge on any atom is 0.143 e. The van der Waals surface area contributed by atoms with Crippen molar-refractivity contribution in [3.05, 3.63) is 28.8 Å². The smallest absolute Gasteiger partial charge is 0.143 e. The number of benzene rings is 1. The summed E-state index contributed by atoms with van der Waals surface area (Å²) in [5.41, 5.74) is 0.550. The quantitative estimate of drug-likeness (QED) is 0.734. The third kappa shape index (κ3) is 2.15. The molecule has 13 heavy (non-hydrogen) atoms. The van der Waals surface area contributed by atoms with E-state index < -0.39 is 6.10 Å². The molecule has 1 aromatic rings. The number of hydrogen-bond acceptors (Lipinski definition) is 2. The minimum Gasteiger partial charge on any atom is -0.496 e. The molecule has 0 aliphatic heterocycles. The lowest BCUT2D eigenvalue weighted by atomic mass is 10.1. The fourth-order valence-electron chi connectivity index (χ4n) is 1.00. The van der Waals surface area contributed by atoms with Crippen molar-refractivity contribution in [3.8, 4) is 18.1 Å². The second-order valence-electron chi connectivity index (χ2n) is 2.46. The number of aliphatic hydroxyl groups excluding tert-OH is 1. The van der Waals surface area contributed by atoms with Gasteiger partial charge in [0.25, 0.3) is 0 Å². The van der Waals surface area contributed by atoms with E-state index in [0.717, 1.165) is 0 Å². The Morgan fingerprint density at radius 1 is 1.62 bits per heavy atom. The maximum atomic E-state index is 9.37. The fourth-order valence-corrected chi connectivity index (χ4v) is 1.16. The Kier molecular flexibility index (Phi) is 3.18. The molecule has 3 heteroatoms. The molecule has 0 amide bonds. The SMILES string of the molecule is C#CC(O)c1ccc(Cl)cc1OC. The van der Waals surface area contributed by atoms with Gasteiger partial charge >= 0.3 is 0 Å². The van der Waals surface area contributed by atoms with Gasteiger partial charge in [-0.3, -0.25) is 0 Å². The monoisotopic (exact) mass is 196 g/mol. The lowest BCUT2D eigenvalue weighted by Gasteiger charge is -2.09. The third-order valence-electron chi connectivity index (χ3n) is 1.65. The highest BCUT2D eigenvalue weighted by Gasteiger charge is 2.10. The molecular formula is C10H9ClO2. The normalized spacial score (nSPS) is 11.8. The maximum absolute atomic E-state index is 9.37. The summed E-state index contributed by atoms with van der Waals surface area (Å²) in [6, 6.07) is 4.91. The van der Waals surface area contributed by atoms with Gasteiger partial charge in [-0.2, -0.15) is 0 Å². The van der Waals surface area contributed by atoms with Crippen molar-refractivity contribution in [1.29, 1.82) is 0 Å². The minimum atomic E-state index is -0.952. The van der Waals surface area contributed by atoms with E-state index in [1.807, 2.05) is 0 Å². The molecule has 1 atom stereocenters. The summed E-state index contributed by atoms with van der Waals surface area (Å²) in [4.78, 5) is 0. The van der Waals surface area contributed by atoms with Crippen LogP contribution in [-0.4, -0.2) is 12.2 Å². The highest BCUT2D eigenvalue weighted by Crippen LogP contribution is 2.27. The van der Waals surface area contributed by atoms with Gasteiger partial charge in [0.1, 0.15) is 11.9 Å². The first-order valence-corrected chi connectivity index (χ1v) is 4.04. The lowest BCUT2D eigenvalue weighted by Crippen LogP contribution is -1.97. The van der Waals surface area contributed by atoms with E-state index in [1.165, 1.54) is 7.11 Å². The van der Waals surface area contributed by atoms with Crippen LogP contribution in [0.1, 0.15) is 11.7 Å². The van der Waals surface area contributed by atoms with Gasteiger partial charge in [-0.1, -0.05) is 23.6 Å². The molecule has 1 aromatic carbocycles. The molecule has 1 N–H and O–H groups in total. The number of aliphatic hydroxyl groups is 1. The molecule has 0 bridgehead atoms. The Labute approximate surface area is 82.1 Å². The van der Waals surface area contributed by atoms with E-state index in [9.17, 15) is 5.11 Å². The molecular weight excluding hydrogens is 188 g/mol. The Hall–Kier alpha value is -1.17. The number of ether oxygens (including phenoxy) is 1. The van der Waals surface area contributed by atoms with Crippen LogP contribution >= 0.6 is 11.6 Å². The van der Waals surface area contributed by atoms with E-state index in [1.54, 1.807) is 18.2 Å². The molecule has 0 saturated carbocycles. The molecule has 0 fully saturated rings. The molecule has 0 spiro atoms. The summed E-state index contributed by atoms with van der Waals surface area (Å²) in [5.74, 6) is 2.71. The van der Waals surface area contributed by atoms with Crippen molar-refractivity contribution in [3.63, 3.8) is 0 Å². The molecule has 1 unspecified atom stereocenters. The predicted molar refractivity (Wildman–Crippen MR) is 51.8 cm³/mol. The fraction of sp³-hybridized carbons (Fsp3) is 0.200. The molecule has 0 heterocycles. The van der Waals surface area contributed by atoms with Crippen molar-refractivity contribution in [2.75, 3.05) is 7.11 Å². The number of methoxy groups -OCH3 is 1. The molecule has 0 aliphatic rings. The first-order valence-electron chi connectivity index (χ1n) is 3.66. The molecule has 1 rings (SSSR count). The van der Waals surface area contributed by atoms with Gasteiger partial charge in [0.2, 0.25) is 0 Å². The molecule has 2 nitrogen and oxygen atoms in total. The molecule has 68 valence electrons. The van der Waals surface area contributed by atoms with Gasteiger partial charge in [0.15, 0.2) is 0 Å². The number of terminal acetylenes is 1. The van der Waals surface area contributed by atoms with Crippen molar-refractivity contribution in [2.45, 2.75) is 6.10 Å². The highest BCUT2D eigenvalue weighted by molar-refractivity contribution is 6.30. The van der Waals surface area contributed by atoms with Crippen molar-refractivity contribution in [2.24, 2.45) is 0 Å². The summed E-state index contributed by atoms with van der Waals surface area (Å²) in [5, 5.41) is 9.92. The summed E-state index contributed by atoms with van der Waals surface area (Å²) in [6.07, 6.45) is 4.13. The Bertz CT molecular complexity index is 341. The standard InChI is InChI=1S/C10H9ClO2/c1-3-9(12)8-5-4-7(11)6-10(8)13-2/h1,4-6,9,12H,2H3. The van der Waals surface area contributed by atoms with Crippen LogP contribution in [0.2, 0.25) is 5.02 Å². The summed E-state index contributed by atoms with van der Waals surface area (Å²) >= 11 is 5.73. The number of rotatable bonds is 2. The first-order chi connectivity index (χ1) is 6.19. The number of halogens is 1. The van der Waals surface area contributed by atoms with Crippen LogP contribution in [0.4, 0.5) is 0 Å². The lowest BCUT2D eigenvalue weighted by molar-refractivity contribution is 0.232. The van der Waals surface area contributed by atoms with Gasteiger partial charge in [-0.25, -0.2) is 0 Å². The van der Waals surface area contributed by atoms with Crippen LogP contribution in [0.15, 0.2) is 18.2 Å². The van der Waals surface area contributed by atoms with E-state index in [-0.39, 0.29) is 0 Å². The van der Waals surface area contributed by atoms with Gasteiger partial charge in [0.05, 0.1) is 7.11 Å². The molecule has 0 aliphatic carbocycles. The summed E-state index contributed by atoms with van der Waals surface area (Å²) in [7, 11) is 1.50. The van der Waals surface area contributed by atoms with Crippen LogP contribution in [0.5, 0.6) is 5.75 Å². The van der Waals surface area contributed by atoms with Crippen molar-refractivity contribution < 1.29 is 9.84 Å². The zero-order chi connectivity index (χ0) is 9.84. The minimum absolute atomic E-state index is 0.498. The second-order valence-corrected chi connectivity index (χ2v) is 2.89. The van der Waals surface area contributed by atoms with Gasteiger partial charge in [0, 0.05) is 10.6 Å². The van der Waals surface area contributed by atoms with E-state index in [0.29, 0.717) is 16.3 Å². The summed E-state index contributed by atoms with van der Waals surface area (Å²) < 4.78 is 5.01. The van der Waals surface area contributed by atoms with Crippen LogP contribution < -0.4 is 4.74 Å². The van der Waals surface area contributed by atoms with Gasteiger partial charge < -0.3 is 9.84 Å². The Morgan fingerprint density at radius 2 is 2.31 bits per heavy atom. The van der Waals surface area contributed by atoms with Crippen LogP contribution in [-0.2, 0) is 0 Å². The third-order valence-corrected chi connectivity index (χ3v) is 1.88. The van der Waals surface area contributed by atoms with Gasteiger partial charge in [-0.05, 0) is 12.1 Å². The van der Waals surface area contributed by atoms with Crippen molar-refractivity contribution >= 4 is 11.6 Å². The second kappa shape index (κ2) is 4.18. The highest BCUT2D eigenvalue weighted by atomic mass is 35.5. The summed E-state index contributed by atoms with van der Waals surface area (Å²) in [6.45, 7) is 0. The predicted octanol–water partition coefficient (Wildman–Crippen LogP) is 2.02. The van der Waals surface area contributed by atoms with E-state index in [2.05, 4.69) is 5.92 Å².